The molecular weight excluding hydrogens is 400 g/mol. The van der Waals surface area contributed by atoms with Crippen LogP contribution in [0, 0.1) is 0 Å². The molecule has 0 fully saturated rings. The second-order valence-corrected chi connectivity index (χ2v) is 8.05. The van der Waals surface area contributed by atoms with Gasteiger partial charge in [0.05, 0.1) is 5.56 Å². The molecule has 0 saturated carbocycles. The normalized spacial score (nSPS) is 14.4. The number of rotatable bonds is 2. The summed E-state index contributed by atoms with van der Waals surface area (Å²) >= 11 is 0. The summed E-state index contributed by atoms with van der Waals surface area (Å²) in [6.07, 6.45) is 0. The number of benzene rings is 5. The predicted molar refractivity (Wildman–Crippen MR) is 123 cm³/mol. The molecule has 6 rings (SSSR count). The molecule has 0 unspecified atom stereocenters. The van der Waals surface area contributed by atoms with Crippen molar-refractivity contribution >= 4 is 27.5 Å². The number of cyclic esters (lactones) is 1. The Labute approximate surface area is 183 Å². The minimum absolute atomic E-state index is 0.0132. The number of carbonyl (C=O) groups is 1. The quantitative estimate of drug-likeness (QED) is 0.352. The van der Waals surface area contributed by atoms with Gasteiger partial charge in [-0.15, -0.1) is 0 Å². The summed E-state index contributed by atoms with van der Waals surface area (Å²) < 4.78 is 6.09. The highest BCUT2D eigenvalue weighted by molar-refractivity contribution is 5.98. The molecule has 0 aromatic heterocycles. The fourth-order valence-electron chi connectivity index (χ4n) is 4.78. The zero-order valence-electron chi connectivity index (χ0n) is 16.9. The summed E-state index contributed by atoms with van der Waals surface area (Å²) in [5.74, 6) is -0.526. The van der Waals surface area contributed by atoms with Crippen LogP contribution in [0.5, 0.6) is 11.5 Å². The van der Waals surface area contributed by atoms with E-state index in [-0.39, 0.29) is 11.5 Å². The maximum atomic E-state index is 13.0. The van der Waals surface area contributed by atoms with Gasteiger partial charge in [-0.25, -0.2) is 4.79 Å². The number of carbonyl (C=O) groups excluding carboxylic acids is 1. The molecule has 1 heterocycles. The summed E-state index contributed by atoms with van der Waals surface area (Å²) in [6.45, 7) is 0. The van der Waals surface area contributed by atoms with E-state index < -0.39 is 11.6 Å². The largest absolute Gasteiger partial charge is 0.507 e. The highest BCUT2D eigenvalue weighted by atomic mass is 16.6. The van der Waals surface area contributed by atoms with E-state index in [1.165, 1.54) is 0 Å². The highest BCUT2D eigenvalue weighted by Gasteiger charge is 2.51. The molecule has 2 N–H and O–H groups in total. The Hall–Kier alpha value is -4.31. The number of ether oxygens (including phenoxy) is 1. The van der Waals surface area contributed by atoms with Gasteiger partial charge < -0.3 is 14.9 Å². The molecule has 0 saturated heterocycles. The molecule has 0 aliphatic carbocycles. The number of phenolic OH excluding ortho intramolecular Hbond substituents is 2. The molecule has 5 aromatic carbocycles. The van der Waals surface area contributed by atoms with Crippen LogP contribution in [0.4, 0.5) is 0 Å². The van der Waals surface area contributed by atoms with E-state index in [1.807, 2.05) is 72.8 Å². The number of hydrogen-bond acceptors (Lipinski definition) is 4. The molecule has 1 aliphatic rings. The van der Waals surface area contributed by atoms with Crippen LogP contribution in [0.25, 0.3) is 21.5 Å². The van der Waals surface area contributed by atoms with Gasteiger partial charge in [-0.05, 0) is 51.9 Å². The van der Waals surface area contributed by atoms with Gasteiger partial charge in [0.2, 0.25) is 0 Å². The van der Waals surface area contributed by atoms with E-state index in [4.69, 9.17) is 4.74 Å². The van der Waals surface area contributed by atoms with Gasteiger partial charge in [-0.2, -0.15) is 0 Å². The van der Waals surface area contributed by atoms with Crippen LogP contribution in [0.1, 0.15) is 27.0 Å². The second kappa shape index (κ2) is 6.59. The molecule has 0 spiro atoms. The molecule has 32 heavy (non-hydrogen) atoms. The summed E-state index contributed by atoms with van der Waals surface area (Å²) in [6, 6.07) is 29.4. The smallest absolute Gasteiger partial charge is 0.340 e. The average Bonchev–Trinajstić information content (AvgIpc) is 3.11. The Bertz CT molecular complexity index is 1470. The fraction of sp³-hybridized carbons (Fsp3) is 0.0357. The van der Waals surface area contributed by atoms with Crippen molar-refractivity contribution < 1.29 is 19.7 Å². The molecule has 1 aliphatic heterocycles. The Balaban J connectivity index is 1.76. The minimum Gasteiger partial charge on any atom is -0.507 e. The third-order valence-electron chi connectivity index (χ3n) is 6.26. The van der Waals surface area contributed by atoms with Gasteiger partial charge in [-0.3, -0.25) is 0 Å². The average molecular weight is 418 g/mol. The molecule has 0 atom stereocenters. The molecule has 154 valence electrons. The number of hydrogen-bond donors (Lipinski definition) is 2. The lowest BCUT2D eigenvalue weighted by atomic mass is 9.78. The maximum absolute atomic E-state index is 13.0. The lowest BCUT2D eigenvalue weighted by molar-refractivity contribution is 0.0240. The van der Waals surface area contributed by atoms with Crippen molar-refractivity contribution in [2.75, 3.05) is 0 Å². The second-order valence-electron chi connectivity index (χ2n) is 8.05. The van der Waals surface area contributed by atoms with Crippen LogP contribution in [-0.2, 0) is 10.3 Å². The number of phenols is 2. The van der Waals surface area contributed by atoms with Gasteiger partial charge in [0, 0.05) is 16.7 Å². The van der Waals surface area contributed by atoms with Gasteiger partial charge in [-0.1, -0.05) is 66.7 Å². The fourth-order valence-corrected chi connectivity index (χ4v) is 4.78. The summed E-state index contributed by atoms with van der Waals surface area (Å²) in [5.41, 5.74) is 0.310. The first-order chi connectivity index (χ1) is 15.6. The van der Waals surface area contributed by atoms with Crippen molar-refractivity contribution in [3.05, 3.63) is 119 Å². The summed E-state index contributed by atoms with van der Waals surface area (Å²) in [4.78, 5) is 13.0. The molecule has 4 heteroatoms. The number of aromatic hydroxyl groups is 2. The van der Waals surface area contributed by atoms with Crippen molar-refractivity contribution in [2.24, 2.45) is 0 Å². The first kappa shape index (κ1) is 18.5. The van der Waals surface area contributed by atoms with Crippen LogP contribution >= 0.6 is 0 Å². The minimum atomic E-state index is -1.49. The molecular formula is C28H18O4. The zero-order chi connectivity index (χ0) is 21.9. The first-order valence-electron chi connectivity index (χ1n) is 10.4. The Morgan fingerprint density at radius 1 is 0.562 bits per heavy atom. The van der Waals surface area contributed by atoms with Crippen LogP contribution in [0.2, 0.25) is 0 Å². The highest BCUT2D eigenvalue weighted by Crippen LogP contribution is 2.53. The zero-order valence-corrected chi connectivity index (χ0v) is 16.9. The SMILES string of the molecule is O=C1OC(c2cc3ccccc3cc2O)(c2cc3ccccc3cc2O)c2ccccc21. The molecule has 4 nitrogen and oxygen atoms in total. The standard InChI is InChI=1S/C28H18O4/c29-25-15-19-9-3-1-7-17(19)13-23(25)28(22-12-6-5-11-21(22)27(31)32-28)24-14-18-8-2-4-10-20(18)16-26(24)30/h1-16,29-30H. The molecule has 0 bridgehead atoms. The van der Waals surface area contributed by atoms with E-state index in [2.05, 4.69) is 0 Å². The van der Waals surface area contributed by atoms with Gasteiger partial charge in [0.15, 0.2) is 5.60 Å². The van der Waals surface area contributed by atoms with Crippen LogP contribution < -0.4 is 0 Å². The van der Waals surface area contributed by atoms with Crippen LogP contribution in [-0.4, -0.2) is 16.2 Å². The van der Waals surface area contributed by atoms with Crippen molar-refractivity contribution in [1.82, 2.24) is 0 Å². The van der Waals surface area contributed by atoms with Crippen molar-refractivity contribution in [3.63, 3.8) is 0 Å². The molecule has 0 radical (unpaired) electrons. The topological polar surface area (TPSA) is 66.8 Å². The number of fused-ring (bicyclic) bond motifs is 3. The van der Waals surface area contributed by atoms with E-state index in [1.54, 1.807) is 24.3 Å². The summed E-state index contributed by atoms with van der Waals surface area (Å²) in [5, 5.41) is 25.8. The van der Waals surface area contributed by atoms with Gasteiger partial charge in [0.1, 0.15) is 11.5 Å². The molecule has 5 aromatic rings. The molecule has 0 amide bonds. The van der Waals surface area contributed by atoms with Gasteiger partial charge >= 0.3 is 5.97 Å². The van der Waals surface area contributed by atoms with E-state index in [0.717, 1.165) is 21.5 Å². The van der Waals surface area contributed by atoms with Crippen molar-refractivity contribution in [3.8, 4) is 11.5 Å². The van der Waals surface area contributed by atoms with Crippen molar-refractivity contribution in [1.29, 1.82) is 0 Å². The van der Waals surface area contributed by atoms with Crippen molar-refractivity contribution in [2.45, 2.75) is 5.60 Å². The van der Waals surface area contributed by atoms with Crippen LogP contribution in [0.3, 0.4) is 0 Å². The number of esters is 1. The van der Waals surface area contributed by atoms with Crippen LogP contribution in [0.15, 0.2) is 97.1 Å². The lowest BCUT2D eigenvalue weighted by Gasteiger charge is -2.32. The van der Waals surface area contributed by atoms with E-state index in [0.29, 0.717) is 22.3 Å². The maximum Gasteiger partial charge on any atom is 0.340 e. The third-order valence-corrected chi connectivity index (χ3v) is 6.26. The summed E-state index contributed by atoms with van der Waals surface area (Å²) in [7, 11) is 0. The van der Waals surface area contributed by atoms with E-state index >= 15 is 0 Å². The third kappa shape index (κ3) is 2.47. The lowest BCUT2D eigenvalue weighted by Crippen LogP contribution is -2.30. The first-order valence-corrected chi connectivity index (χ1v) is 10.4. The monoisotopic (exact) mass is 418 g/mol. The van der Waals surface area contributed by atoms with E-state index in [9.17, 15) is 15.0 Å². The Morgan fingerprint density at radius 3 is 1.53 bits per heavy atom. The Kier molecular flexibility index (Phi) is 3.80. The predicted octanol–water partition coefficient (Wildman–Crippen LogP) is 5.87. The van der Waals surface area contributed by atoms with Gasteiger partial charge in [0.25, 0.3) is 0 Å². The Morgan fingerprint density at radius 2 is 1.00 bits per heavy atom.